The highest BCUT2D eigenvalue weighted by molar-refractivity contribution is 9.10. The summed E-state index contributed by atoms with van der Waals surface area (Å²) in [5.41, 5.74) is 1.78. The van der Waals surface area contributed by atoms with Crippen molar-refractivity contribution in [2.45, 2.75) is 46.3 Å². The first-order valence-electron chi connectivity index (χ1n) is 9.41. The first kappa shape index (κ1) is 23.2. The molecule has 0 aromatic heterocycles. The summed E-state index contributed by atoms with van der Waals surface area (Å²) in [6, 6.07) is 12.1. The number of carbonyl (C=O) groups is 2. The predicted molar refractivity (Wildman–Crippen MR) is 119 cm³/mol. The lowest BCUT2D eigenvalue weighted by Gasteiger charge is -2.29. The zero-order chi connectivity index (χ0) is 21.6. The number of hydrogen-bond acceptors (Lipinski definition) is 3. The summed E-state index contributed by atoms with van der Waals surface area (Å²) in [7, 11) is 0. The van der Waals surface area contributed by atoms with Gasteiger partial charge in [-0.15, -0.1) is 0 Å². The molecule has 0 heterocycles. The van der Waals surface area contributed by atoms with Gasteiger partial charge in [0, 0.05) is 22.1 Å². The Bertz CT molecular complexity index is 873. The number of halogens is 2. The van der Waals surface area contributed by atoms with Gasteiger partial charge in [0.15, 0.2) is 6.61 Å². The van der Waals surface area contributed by atoms with Gasteiger partial charge in [0.25, 0.3) is 5.91 Å². The van der Waals surface area contributed by atoms with Crippen LogP contribution in [-0.4, -0.2) is 35.4 Å². The van der Waals surface area contributed by atoms with Crippen molar-refractivity contribution in [3.8, 4) is 5.75 Å². The molecule has 0 fully saturated rings. The van der Waals surface area contributed by atoms with Crippen LogP contribution in [0.1, 0.15) is 31.9 Å². The standard InChI is InChI=1S/C22H26BrClN2O3/c1-14(2)25-22(28)16(4)26(12-17-7-5-6-8-20(17)24)21(27)13-29-18-9-10-19(23)15(3)11-18/h5-11,14,16H,12-13H2,1-4H3,(H,25,28)/t16-/m1/s1. The Hall–Kier alpha value is -2.05. The molecule has 2 amide bonds. The lowest BCUT2D eigenvalue weighted by atomic mass is 10.1. The number of nitrogens with zero attached hydrogens (tertiary/aromatic N) is 1. The molecule has 156 valence electrons. The van der Waals surface area contributed by atoms with Crippen LogP contribution in [0.2, 0.25) is 5.02 Å². The van der Waals surface area contributed by atoms with Crippen LogP contribution in [0.3, 0.4) is 0 Å². The largest absolute Gasteiger partial charge is 0.484 e. The Morgan fingerprint density at radius 2 is 1.86 bits per heavy atom. The molecule has 0 aliphatic carbocycles. The Labute approximate surface area is 185 Å². The first-order valence-corrected chi connectivity index (χ1v) is 10.6. The molecule has 2 aromatic carbocycles. The number of rotatable bonds is 8. The third-order valence-corrected chi connectivity index (χ3v) is 5.65. The summed E-state index contributed by atoms with van der Waals surface area (Å²) in [6.07, 6.45) is 0. The second kappa shape index (κ2) is 10.6. The lowest BCUT2D eigenvalue weighted by Crippen LogP contribution is -2.50. The molecule has 0 aliphatic heterocycles. The van der Waals surface area contributed by atoms with Crippen molar-refractivity contribution >= 4 is 39.3 Å². The first-order chi connectivity index (χ1) is 13.7. The maximum atomic E-state index is 13.0. The van der Waals surface area contributed by atoms with Crippen LogP contribution >= 0.6 is 27.5 Å². The number of aryl methyl sites for hydroxylation is 1. The summed E-state index contributed by atoms with van der Waals surface area (Å²) in [5, 5.41) is 3.40. The number of nitrogens with one attached hydrogen (secondary N) is 1. The fourth-order valence-corrected chi connectivity index (χ4v) is 3.17. The van der Waals surface area contributed by atoms with E-state index in [4.69, 9.17) is 16.3 Å². The van der Waals surface area contributed by atoms with E-state index in [2.05, 4.69) is 21.2 Å². The van der Waals surface area contributed by atoms with E-state index in [1.807, 2.05) is 51.1 Å². The maximum absolute atomic E-state index is 13.0. The van der Waals surface area contributed by atoms with Crippen LogP contribution in [0.4, 0.5) is 0 Å². The Morgan fingerprint density at radius 1 is 1.17 bits per heavy atom. The molecule has 0 bridgehead atoms. The minimum atomic E-state index is -0.670. The second-order valence-electron chi connectivity index (χ2n) is 7.15. The van der Waals surface area contributed by atoms with E-state index < -0.39 is 6.04 Å². The summed E-state index contributed by atoms with van der Waals surface area (Å²) in [5.74, 6) is 0.0767. The van der Waals surface area contributed by atoms with Crippen LogP contribution in [0.5, 0.6) is 5.75 Å². The molecule has 0 aliphatic rings. The number of amides is 2. The Kier molecular flexibility index (Phi) is 8.53. The molecule has 2 rings (SSSR count). The van der Waals surface area contributed by atoms with E-state index in [1.54, 1.807) is 19.1 Å². The molecular weight excluding hydrogens is 456 g/mol. The molecule has 5 nitrogen and oxygen atoms in total. The summed E-state index contributed by atoms with van der Waals surface area (Å²) < 4.78 is 6.65. The molecule has 0 saturated heterocycles. The summed E-state index contributed by atoms with van der Waals surface area (Å²) in [6.45, 7) is 7.45. The summed E-state index contributed by atoms with van der Waals surface area (Å²) in [4.78, 5) is 27.0. The number of benzene rings is 2. The topological polar surface area (TPSA) is 58.6 Å². The highest BCUT2D eigenvalue weighted by Crippen LogP contribution is 2.22. The van der Waals surface area contributed by atoms with Crippen LogP contribution in [0.25, 0.3) is 0 Å². The number of hydrogen-bond donors (Lipinski definition) is 1. The average molecular weight is 482 g/mol. The van der Waals surface area contributed by atoms with Crippen molar-refractivity contribution in [2.24, 2.45) is 0 Å². The van der Waals surface area contributed by atoms with Gasteiger partial charge in [-0.2, -0.15) is 0 Å². The van der Waals surface area contributed by atoms with Crippen molar-refractivity contribution in [3.05, 3.63) is 63.1 Å². The van der Waals surface area contributed by atoms with Gasteiger partial charge < -0.3 is 15.0 Å². The third-order valence-electron chi connectivity index (χ3n) is 4.39. The van der Waals surface area contributed by atoms with Gasteiger partial charge >= 0.3 is 0 Å². The van der Waals surface area contributed by atoms with E-state index in [-0.39, 0.29) is 31.0 Å². The Balaban J connectivity index is 2.18. The van der Waals surface area contributed by atoms with E-state index in [1.165, 1.54) is 4.90 Å². The predicted octanol–water partition coefficient (Wildman–Crippen LogP) is 4.73. The number of carbonyl (C=O) groups excluding carboxylic acids is 2. The van der Waals surface area contributed by atoms with Crippen LogP contribution in [0.15, 0.2) is 46.9 Å². The molecule has 1 atom stereocenters. The smallest absolute Gasteiger partial charge is 0.261 e. The molecular formula is C22H26BrClN2O3. The molecule has 0 spiro atoms. The van der Waals surface area contributed by atoms with Crippen molar-refractivity contribution in [2.75, 3.05) is 6.61 Å². The van der Waals surface area contributed by atoms with Gasteiger partial charge in [-0.25, -0.2) is 0 Å². The zero-order valence-electron chi connectivity index (χ0n) is 17.0. The summed E-state index contributed by atoms with van der Waals surface area (Å²) >= 11 is 9.72. The van der Waals surface area contributed by atoms with Gasteiger partial charge in [-0.3, -0.25) is 9.59 Å². The highest BCUT2D eigenvalue weighted by Gasteiger charge is 2.27. The lowest BCUT2D eigenvalue weighted by molar-refractivity contribution is -0.142. The van der Waals surface area contributed by atoms with Crippen molar-refractivity contribution in [1.29, 1.82) is 0 Å². The zero-order valence-corrected chi connectivity index (χ0v) is 19.4. The van der Waals surface area contributed by atoms with Gasteiger partial charge in [0.05, 0.1) is 0 Å². The highest BCUT2D eigenvalue weighted by atomic mass is 79.9. The van der Waals surface area contributed by atoms with Gasteiger partial charge in [0.2, 0.25) is 5.91 Å². The average Bonchev–Trinajstić information content (AvgIpc) is 2.67. The van der Waals surface area contributed by atoms with Gasteiger partial charge in [-0.1, -0.05) is 45.7 Å². The maximum Gasteiger partial charge on any atom is 0.261 e. The van der Waals surface area contributed by atoms with E-state index in [0.29, 0.717) is 10.8 Å². The fourth-order valence-electron chi connectivity index (χ4n) is 2.73. The van der Waals surface area contributed by atoms with Crippen molar-refractivity contribution < 1.29 is 14.3 Å². The normalized spacial score (nSPS) is 11.8. The minimum absolute atomic E-state index is 0.0239. The van der Waals surface area contributed by atoms with E-state index in [0.717, 1.165) is 15.6 Å². The van der Waals surface area contributed by atoms with Crippen molar-refractivity contribution in [3.63, 3.8) is 0 Å². The molecule has 0 unspecified atom stereocenters. The van der Waals surface area contributed by atoms with Crippen LogP contribution in [-0.2, 0) is 16.1 Å². The van der Waals surface area contributed by atoms with Gasteiger partial charge in [-0.05, 0) is 63.1 Å². The quantitative estimate of drug-likeness (QED) is 0.593. The number of ether oxygens (including phenoxy) is 1. The van der Waals surface area contributed by atoms with Crippen LogP contribution < -0.4 is 10.1 Å². The third kappa shape index (κ3) is 6.75. The SMILES string of the molecule is Cc1cc(OCC(=O)N(Cc2ccccc2Cl)[C@H](C)C(=O)NC(C)C)ccc1Br. The van der Waals surface area contributed by atoms with Crippen LogP contribution in [0, 0.1) is 6.92 Å². The van der Waals surface area contributed by atoms with E-state index >= 15 is 0 Å². The van der Waals surface area contributed by atoms with E-state index in [9.17, 15) is 9.59 Å². The molecule has 0 radical (unpaired) electrons. The molecule has 29 heavy (non-hydrogen) atoms. The molecule has 1 N–H and O–H groups in total. The fraction of sp³-hybridized carbons (Fsp3) is 0.364. The molecule has 0 saturated carbocycles. The Morgan fingerprint density at radius 3 is 2.48 bits per heavy atom. The molecule has 7 heteroatoms. The second-order valence-corrected chi connectivity index (χ2v) is 8.41. The monoisotopic (exact) mass is 480 g/mol. The molecule has 2 aromatic rings. The van der Waals surface area contributed by atoms with Gasteiger partial charge in [0.1, 0.15) is 11.8 Å². The minimum Gasteiger partial charge on any atom is -0.484 e. The van der Waals surface area contributed by atoms with Crippen molar-refractivity contribution in [1.82, 2.24) is 10.2 Å².